The lowest BCUT2D eigenvalue weighted by Gasteiger charge is -2.16. The van der Waals surface area contributed by atoms with Crippen molar-refractivity contribution < 1.29 is 4.79 Å². The summed E-state index contributed by atoms with van der Waals surface area (Å²) >= 11 is 0. The topological polar surface area (TPSA) is 73.1 Å². The van der Waals surface area contributed by atoms with E-state index < -0.39 is 5.69 Å². The second kappa shape index (κ2) is 9.51. The molecule has 1 heterocycles. The number of benzene rings is 3. The molecule has 0 atom stereocenters. The maximum absolute atomic E-state index is 13.7. The summed E-state index contributed by atoms with van der Waals surface area (Å²) in [4.78, 5) is 39.1. The summed E-state index contributed by atoms with van der Waals surface area (Å²) < 4.78 is 2.87. The smallest absolute Gasteiger partial charge is 0.336 e. The molecule has 174 valence electrons. The number of carbonyl (C=O) groups is 1. The minimum absolute atomic E-state index is 0.0680. The molecule has 34 heavy (non-hydrogen) atoms. The summed E-state index contributed by atoms with van der Waals surface area (Å²) in [6.07, 6.45) is 0.238. The highest BCUT2D eigenvalue weighted by atomic mass is 16.2. The second-order valence-electron chi connectivity index (χ2n) is 9.02. The Bertz CT molecular complexity index is 1480. The van der Waals surface area contributed by atoms with Gasteiger partial charge < -0.3 is 5.32 Å². The number of hydrogen-bond donors (Lipinski definition) is 1. The number of hydrogen-bond acceptors (Lipinski definition) is 3. The predicted molar refractivity (Wildman–Crippen MR) is 136 cm³/mol. The Morgan fingerprint density at radius 3 is 2.35 bits per heavy atom. The molecule has 0 bridgehead atoms. The van der Waals surface area contributed by atoms with Crippen LogP contribution in [-0.2, 0) is 17.8 Å². The van der Waals surface area contributed by atoms with Crippen molar-refractivity contribution in [1.82, 2.24) is 14.5 Å². The number of aromatic nitrogens is 2. The van der Waals surface area contributed by atoms with Crippen LogP contribution in [0, 0.1) is 13.8 Å². The molecule has 6 heteroatoms. The first kappa shape index (κ1) is 23.2. The summed E-state index contributed by atoms with van der Waals surface area (Å²) in [5.74, 6) is -0.0681. The van der Waals surface area contributed by atoms with Crippen molar-refractivity contribution in [1.29, 1.82) is 0 Å². The molecule has 0 unspecified atom stereocenters. The molecule has 0 aliphatic carbocycles. The number of nitrogens with one attached hydrogen (secondary N) is 1. The van der Waals surface area contributed by atoms with Gasteiger partial charge in [-0.2, -0.15) is 0 Å². The number of amides is 1. The lowest BCUT2D eigenvalue weighted by atomic mass is 10.1. The summed E-state index contributed by atoms with van der Waals surface area (Å²) in [6.45, 7) is 8.23. The van der Waals surface area contributed by atoms with E-state index in [4.69, 9.17) is 0 Å². The molecule has 1 amide bonds. The summed E-state index contributed by atoms with van der Waals surface area (Å²) in [7, 11) is 0. The first-order valence-electron chi connectivity index (χ1n) is 11.4. The molecule has 0 fully saturated rings. The molecule has 4 rings (SSSR count). The van der Waals surface area contributed by atoms with Crippen LogP contribution < -0.4 is 16.6 Å². The van der Waals surface area contributed by atoms with Crippen LogP contribution in [-0.4, -0.2) is 21.1 Å². The fourth-order valence-corrected chi connectivity index (χ4v) is 4.16. The van der Waals surface area contributed by atoms with Crippen molar-refractivity contribution in [3.8, 4) is 5.69 Å². The Balaban J connectivity index is 1.81. The highest BCUT2D eigenvalue weighted by molar-refractivity contribution is 5.79. The highest BCUT2D eigenvalue weighted by Crippen LogP contribution is 2.16. The van der Waals surface area contributed by atoms with Crippen LogP contribution in [0.4, 0.5) is 0 Å². The van der Waals surface area contributed by atoms with Gasteiger partial charge in [-0.3, -0.25) is 14.2 Å². The fraction of sp³-hybridized carbons (Fsp3) is 0.250. The normalized spacial score (nSPS) is 11.2. The van der Waals surface area contributed by atoms with Gasteiger partial charge in [-0.15, -0.1) is 0 Å². The Morgan fingerprint density at radius 2 is 1.65 bits per heavy atom. The molecule has 0 saturated carbocycles. The summed E-state index contributed by atoms with van der Waals surface area (Å²) in [5, 5.41) is 3.35. The van der Waals surface area contributed by atoms with Crippen LogP contribution in [0.15, 0.2) is 76.3 Å². The van der Waals surface area contributed by atoms with Crippen molar-refractivity contribution in [3.63, 3.8) is 0 Å². The zero-order valence-corrected chi connectivity index (χ0v) is 20.0. The van der Waals surface area contributed by atoms with Crippen molar-refractivity contribution >= 4 is 16.8 Å². The minimum Gasteiger partial charge on any atom is -0.354 e. The highest BCUT2D eigenvalue weighted by Gasteiger charge is 2.16. The van der Waals surface area contributed by atoms with Gasteiger partial charge in [-0.05, 0) is 68.7 Å². The Kier molecular flexibility index (Phi) is 6.50. The number of rotatable bonds is 6. The Hall–Kier alpha value is -3.93. The molecule has 3 aromatic carbocycles. The van der Waals surface area contributed by atoms with Crippen LogP contribution in [0.2, 0.25) is 0 Å². The molecular formula is C28H29N3O3. The molecule has 0 spiro atoms. The van der Waals surface area contributed by atoms with Gasteiger partial charge in [-0.25, -0.2) is 9.36 Å². The van der Waals surface area contributed by atoms with Crippen LogP contribution in [0.25, 0.3) is 16.6 Å². The fourth-order valence-electron chi connectivity index (χ4n) is 4.16. The van der Waals surface area contributed by atoms with E-state index >= 15 is 0 Å². The van der Waals surface area contributed by atoms with Gasteiger partial charge in [0.2, 0.25) is 5.91 Å². The lowest BCUT2D eigenvalue weighted by Crippen LogP contribution is -2.39. The van der Waals surface area contributed by atoms with Crippen LogP contribution in [0.5, 0.6) is 0 Å². The van der Waals surface area contributed by atoms with Crippen molar-refractivity contribution in [3.05, 3.63) is 110 Å². The molecule has 4 aromatic rings. The zero-order chi connectivity index (χ0) is 24.4. The largest absolute Gasteiger partial charge is 0.354 e. The standard InChI is InChI=1S/C28H29N3O3/c1-18(2)29-26(32)16-21-11-13-23(14-12-21)31-27(33)24-7-5-6-8-25(24)30(28(31)34)17-22-15-19(3)9-10-20(22)4/h5-15,18H,16-17H2,1-4H3,(H,29,32). The van der Waals surface area contributed by atoms with Crippen molar-refractivity contribution in [2.45, 2.75) is 46.7 Å². The van der Waals surface area contributed by atoms with E-state index in [0.29, 0.717) is 23.1 Å². The van der Waals surface area contributed by atoms with Gasteiger partial charge in [0.1, 0.15) is 0 Å². The van der Waals surface area contributed by atoms with Crippen LogP contribution >= 0.6 is 0 Å². The third kappa shape index (κ3) is 4.71. The predicted octanol–water partition coefficient (Wildman–Crippen LogP) is 3.88. The molecule has 6 nitrogen and oxygen atoms in total. The SMILES string of the molecule is Cc1ccc(C)c(Cn2c(=O)n(-c3ccc(CC(=O)NC(C)C)cc3)c(=O)c3ccccc32)c1. The maximum Gasteiger partial charge on any atom is 0.336 e. The minimum atomic E-state index is -0.394. The molecule has 0 aliphatic rings. The molecule has 0 radical (unpaired) electrons. The summed E-state index contributed by atoms with van der Waals surface area (Å²) in [6, 6.07) is 20.4. The summed E-state index contributed by atoms with van der Waals surface area (Å²) in [5.41, 5.74) is 4.38. The van der Waals surface area contributed by atoms with E-state index in [9.17, 15) is 14.4 Å². The van der Waals surface area contributed by atoms with Gasteiger partial charge in [0.05, 0.1) is 29.6 Å². The van der Waals surface area contributed by atoms with E-state index in [-0.39, 0.29) is 23.9 Å². The van der Waals surface area contributed by atoms with Gasteiger partial charge in [0, 0.05) is 6.04 Å². The molecule has 0 aliphatic heterocycles. The Labute approximate surface area is 198 Å². The average molecular weight is 456 g/mol. The third-order valence-electron chi connectivity index (χ3n) is 5.89. The number of fused-ring (bicyclic) bond motifs is 1. The first-order chi connectivity index (χ1) is 16.2. The second-order valence-corrected chi connectivity index (χ2v) is 9.02. The quantitative estimate of drug-likeness (QED) is 0.480. The van der Waals surface area contributed by atoms with Gasteiger partial charge >= 0.3 is 5.69 Å². The Morgan fingerprint density at radius 1 is 0.941 bits per heavy atom. The monoisotopic (exact) mass is 455 g/mol. The van der Waals surface area contributed by atoms with Gasteiger partial charge in [-0.1, -0.05) is 48.0 Å². The number of nitrogens with zero attached hydrogens (tertiary/aromatic N) is 2. The molecule has 1 aromatic heterocycles. The van der Waals surface area contributed by atoms with Gasteiger partial charge in [0.15, 0.2) is 0 Å². The lowest BCUT2D eigenvalue weighted by molar-refractivity contribution is -0.120. The van der Waals surface area contributed by atoms with E-state index in [2.05, 4.69) is 11.4 Å². The molecular weight excluding hydrogens is 426 g/mol. The number of carbonyl (C=O) groups excluding carboxylic acids is 1. The number of para-hydroxylation sites is 1. The van der Waals surface area contributed by atoms with Crippen molar-refractivity contribution in [2.24, 2.45) is 0 Å². The van der Waals surface area contributed by atoms with Crippen LogP contribution in [0.1, 0.15) is 36.1 Å². The van der Waals surface area contributed by atoms with E-state index in [1.807, 2.05) is 52.0 Å². The first-order valence-corrected chi connectivity index (χ1v) is 11.4. The third-order valence-corrected chi connectivity index (χ3v) is 5.89. The maximum atomic E-state index is 13.7. The van der Waals surface area contributed by atoms with Gasteiger partial charge in [0.25, 0.3) is 5.56 Å². The van der Waals surface area contributed by atoms with E-state index in [1.54, 1.807) is 41.0 Å². The molecule has 1 N–H and O–H groups in total. The van der Waals surface area contributed by atoms with Crippen LogP contribution in [0.3, 0.4) is 0 Å². The number of aryl methyl sites for hydroxylation is 2. The van der Waals surface area contributed by atoms with E-state index in [0.717, 1.165) is 22.3 Å². The van der Waals surface area contributed by atoms with Crippen molar-refractivity contribution in [2.75, 3.05) is 0 Å². The average Bonchev–Trinajstić information content (AvgIpc) is 2.79. The van der Waals surface area contributed by atoms with E-state index in [1.165, 1.54) is 4.57 Å². The molecule has 0 saturated heterocycles. The zero-order valence-electron chi connectivity index (χ0n) is 20.0.